The first-order valence-electron chi connectivity index (χ1n) is 7.79. The molecule has 23 heavy (non-hydrogen) atoms. The van der Waals surface area contributed by atoms with Gasteiger partial charge in [-0.25, -0.2) is 9.67 Å². The summed E-state index contributed by atoms with van der Waals surface area (Å²) < 4.78 is 1.91. The average molecular weight is 330 g/mol. The van der Waals surface area contributed by atoms with Crippen LogP contribution in [0, 0.1) is 0 Å². The molecule has 0 unspecified atom stereocenters. The number of H-pyrrole nitrogens is 1. The second-order valence-corrected chi connectivity index (χ2v) is 6.70. The van der Waals surface area contributed by atoms with Crippen molar-refractivity contribution >= 4 is 17.3 Å². The number of anilines is 1. The van der Waals surface area contributed by atoms with E-state index in [4.69, 9.17) is 0 Å². The third kappa shape index (κ3) is 3.09. The fourth-order valence-corrected chi connectivity index (χ4v) is 3.70. The molecule has 1 fully saturated rings. The van der Waals surface area contributed by atoms with Gasteiger partial charge in [-0.2, -0.15) is 5.10 Å². The number of aromatic nitrogens is 7. The first-order valence-corrected chi connectivity index (χ1v) is 8.67. The van der Waals surface area contributed by atoms with Gasteiger partial charge in [0.25, 0.3) is 0 Å². The van der Waals surface area contributed by atoms with Crippen LogP contribution in [0.2, 0.25) is 0 Å². The number of hydrogen-bond acceptors (Lipinski definition) is 7. The quantitative estimate of drug-likeness (QED) is 0.762. The summed E-state index contributed by atoms with van der Waals surface area (Å²) in [6.45, 7) is 2.68. The molecule has 0 amide bonds. The first kappa shape index (κ1) is 14.3. The predicted octanol–water partition coefficient (Wildman–Crippen LogP) is 1.48. The number of nitrogens with one attached hydrogen (secondary N) is 1. The molecule has 1 N–H and O–H groups in total. The Morgan fingerprint density at radius 3 is 2.96 bits per heavy atom. The molecule has 0 bridgehead atoms. The average Bonchev–Trinajstić information content (AvgIpc) is 3.34. The fourth-order valence-electron chi connectivity index (χ4n) is 3.01. The number of nitrogens with zero attached hydrogens (tertiary/aromatic N) is 7. The summed E-state index contributed by atoms with van der Waals surface area (Å²) in [5.74, 6) is 2.31. The van der Waals surface area contributed by atoms with E-state index in [-0.39, 0.29) is 0 Å². The van der Waals surface area contributed by atoms with E-state index in [2.05, 4.69) is 53.1 Å². The maximum absolute atomic E-state index is 4.27. The van der Waals surface area contributed by atoms with E-state index in [0.717, 1.165) is 50.7 Å². The van der Waals surface area contributed by atoms with E-state index in [9.17, 15) is 0 Å². The highest BCUT2D eigenvalue weighted by atomic mass is 32.1. The zero-order chi connectivity index (χ0) is 15.5. The molecule has 0 aliphatic carbocycles. The van der Waals surface area contributed by atoms with Crippen LogP contribution in [0.3, 0.4) is 0 Å². The molecule has 3 aromatic rings. The maximum Gasteiger partial charge on any atom is 0.245 e. The summed E-state index contributed by atoms with van der Waals surface area (Å²) in [4.78, 5) is 7.90. The third-order valence-electron chi connectivity index (χ3n) is 4.26. The highest BCUT2D eigenvalue weighted by Gasteiger charge is 2.25. The highest BCUT2D eigenvalue weighted by Crippen LogP contribution is 2.27. The Morgan fingerprint density at radius 2 is 2.22 bits per heavy atom. The number of aryl methyl sites for hydroxylation is 2. The van der Waals surface area contributed by atoms with Gasteiger partial charge in [0, 0.05) is 30.3 Å². The Hall–Kier alpha value is -2.29. The van der Waals surface area contributed by atoms with Crippen LogP contribution in [0.4, 0.5) is 5.95 Å². The van der Waals surface area contributed by atoms with Crippen LogP contribution < -0.4 is 4.90 Å². The molecule has 1 aliphatic heterocycles. The topological polar surface area (TPSA) is 88.4 Å². The largest absolute Gasteiger partial charge is 0.340 e. The van der Waals surface area contributed by atoms with Gasteiger partial charge < -0.3 is 4.90 Å². The second kappa shape index (κ2) is 6.45. The van der Waals surface area contributed by atoms with Gasteiger partial charge in [0.1, 0.15) is 12.2 Å². The minimum Gasteiger partial charge on any atom is -0.340 e. The molecule has 8 nitrogen and oxygen atoms in total. The van der Waals surface area contributed by atoms with Gasteiger partial charge in [-0.3, -0.25) is 5.10 Å². The van der Waals surface area contributed by atoms with E-state index >= 15 is 0 Å². The lowest BCUT2D eigenvalue weighted by atomic mass is 9.96. The van der Waals surface area contributed by atoms with Crippen molar-refractivity contribution in [1.82, 2.24) is 35.4 Å². The first-order chi connectivity index (χ1) is 11.4. The van der Waals surface area contributed by atoms with E-state index in [1.807, 2.05) is 4.68 Å². The van der Waals surface area contributed by atoms with Gasteiger partial charge in [0.2, 0.25) is 5.95 Å². The second-order valence-electron chi connectivity index (χ2n) is 5.66. The molecule has 1 saturated heterocycles. The Morgan fingerprint density at radius 1 is 1.30 bits per heavy atom. The SMILES string of the molecule is c1csc(CCn2nnnc2N2CCC(c3ncn[nH]3)CC2)c1. The van der Waals surface area contributed by atoms with Crippen molar-refractivity contribution in [1.29, 1.82) is 0 Å². The molecule has 4 heterocycles. The van der Waals surface area contributed by atoms with Gasteiger partial charge in [0.15, 0.2) is 0 Å². The number of piperidine rings is 1. The number of hydrogen-bond donors (Lipinski definition) is 1. The van der Waals surface area contributed by atoms with Crippen molar-refractivity contribution in [2.45, 2.75) is 31.7 Å². The van der Waals surface area contributed by atoms with Crippen LogP contribution in [0.5, 0.6) is 0 Å². The van der Waals surface area contributed by atoms with Crippen LogP contribution in [0.1, 0.15) is 29.5 Å². The summed E-state index contributed by atoms with van der Waals surface area (Å²) in [7, 11) is 0. The molecule has 1 aliphatic rings. The summed E-state index contributed by atoms with van der Waals surface area (Å²) in [5, 5.41) is 21.3. The lowest BCUT2D eigenvalue weighted by Crippen LogP contribution is -2.35. The molecule has 3 aromatic heterocycles. The van der Waals surface area contributed by atoms with E-state index in [0.29, 0.717) is 5.92 Å². The van der Waals surface area contributed by atoms with Gasteiger partial charge in [-0.05, 0) is 34.7 Å². The molecular formula is C14H18N8S. The van der Waals surface area contributed by atoms with E-state index < -0.39 is 0 Å². The van der Waals surface area contributed by atoms with Gasteiger partial charge >= 0.3 is 0 Å². The summed E-state index contributed by atoms with van der Waals surface area (Å²) in [6, 6.07) is 4.23. The number of thiophene rings is 1. The van der Waals surface area contributed by atoms with Crippen LogP contribution in [-0.4, -0.2) is 48.5 Å². The standard InChI is InChI=1S/C14H18N8S/c1-2-12(23-9-1)5-8-22-14(18-19-20-22)21-6-3-11(4-7-21)13-15-10-16-17-13/h1-2,9-11H,3-8H2,(H,15,16,17). The lowest BCUT2D eigenvalue weighted by molar-refractivity contribution is 0.471. The molecule has 0 radical (unpaired) electrons. The van der Waals surface area contributed by atoms with Gasteiger partial charge in [0.05, 0.1) is 6.54 Å². The van der Waals surface area contributed by atoms with E-state index in [1.165, 1.54) is 4.88 Å². The smallest absolute Gasteiger partial charge is 0.245 e. The monoisotopic (exact) mass is 330 g/mol. The summed E-state index contributed by atoms with van der Waals surface area (Å²) >= 11 is 1.77. The van der Waals surface area contributed by atoms with Gasteiger partial charge in [-0.1, -0.05) is 11.2 Å². The van der Waals surface area contributed by atoms with Crippen molar-refractivity contribution in [3.05, 3.63) is 34.5 Å². The third-order valence-corrected chi connectivity index (χ3v) is 5.20. The minimum absolute atomic E-state index is 0.448. The van der Waals surface area contributed by atoms with Crippen molar-refractivity contribution in [3.8, 4) is 0 Å². The number of rotatable bonds is 5. The van der Waals surface area contributed by atoms with Crippen LogP contribution in [0.15, 0.2) is 23.8 Å². The van der Waals surface area contributed by atoms with Gasteiger partial charge in [-0.15, -0.1) is 11.3 Å². The summed E-state index contributed by atoms with van der Waals surface area (Å²) in [6.07, 6.45) is 4.61. The highest BCUT2D eigenvalue weighted by molar-refractivity contribution is 7.09. The summed E-state index contributed by atoms with van der Waals surface area (Å²) in [5.41, 5.74) is 0. The molecular weight excluding hydrogens is 312 g/mol. The van der Waals surface area contributed by atoms with Crippen LogP contribution >= 0.6 is 11.3 Å². The molecule has 0 aromatic carbocycles. The number of tetrazole rings is 1. The fraction of sp³-hybridized carbons (Fsp3) is 0.500. The van der Waals surface area contributed by atoms with Crippen LogP contribution in [0.25, 0.3) is 0 Å². The molecule has 120 valence electrons. The Bertz CT molecular complexity index is 712. The molecule has 4 rings (SSSR count). The Labute approximate surface area is 137 Å². The molecule has 0 saturated carbocycles. The molecule has 0 atom stereocenters. The predicted molar refractivity (Wildman–Crippen MR) is 86.4 cm³/mol. The van der Waals surface area contributed by atoms with E-state index in [1.54, 1.807) is 17.7 Å². The van der Waals surface area contributed by atoms with Crippen LogP contribution in [-0.2, 0) is 13.0 Å². The lowest BCUT2D eigenvalue weighted by Gasteiger charge is -2.31. The van der Waals surface area contributed by atoms with Crippen molar-refractivity contribution < 1.29 is 0 Å². The maximum atomic E-state index is 4.27. The minimum atomic E-state index is 0.448. The Balaban J connectivity index is 1.38. The van der Waals surface area contributed by atoms with Crippen molar-refractivity contribution in [2.24, 2.45) is 0 Å². The molecule has 0 spiro atoms. The van der Waals surface area contributed by atoms with Crippen molar-refractivity contribution in [3.63, 3.8) is 0 Å². The van der Waals surface area contributed by atoms with Crippen molar-refractivity contribution in [2.75, 3.05) is 18.0 Å². The number of aromatic amines is 1. The normalized spacial score (nSPS) is 16.1. The zero-order valence-electron chi connectivity index (χ0n) is 12.7. The zero-order valence-corrected chi connectivity index (χ0v) is 13.5. The Kier molecular flexibility index (Phi) is 4.01. The molecule has 9 heteroatoms.